The highest BCUT2D eigenvalue weighted by atomic mass is 16.3. The van der Waals surface area contributed by atoms with Gasteiger partial charge in [-0.2, -0.15) is 0 Å². The molecule has 1 rings (SSSR count). The third kappa shape index (κ3) is 3.48. The molecule has 0 saturated carbocycles. The van der Waals surface area contributed by atoms with Crippen LogP contribution < -0.4 is 5.32 Å². The molecule has 0 aromatic heterocycles. The molecular weight excluding hydrogens is 174 g/mol. The summed E-state index contributed by atoms with van der Waals surface area (Å²) in [5.74, 6) is 0.577. The van der Waals surface area contributed by atoms with E-state index in [0.29, 0.717) is 12.5 Å². The number of aliphatic hydroxyl groups excluding tert-OH is 1. The van der Waals surface area contributed by atoms with Gasteiger partial charge in [0.15, 0.2) is 0 Å². The van der Waals surface area contributed by atoms with Gasteiger partial charge in [0.05, 0.1) is 6.61 Å². The summed E-state index contributed by atoms with van der Waals surface area (Å²) >= 11 is 0. The highest BCUT2D eigenvalue weighted by Gasteiger charge is 1.99. The Morgan fingerprint density at radius 1 is 1.36 bits per heavy atom. The molecule has 1 aromatic rings. The van der Waals surface area contributed by atoms with Gasteiger partial charge in [-0.05, 0) is 17.0 Å². The molecule has 0 spiro atoms. The normalized spacial score (nSPS) is 10.9. The van der Waals surface area contributed by atoms with Crippen molar-refractivity contribution in [3.63, 3.8) is 0 Å². The van der Waals surface area contributed by atoms with E-state index in [1.54, 1.807) is 0 Å². The SMILES string of the molecule is CC(C)c1cccc(CNCCO)c1. The van der Waals surface area contributed by atoms with Crippen molar-refractivity contribution in [2.24, 2.45) is 0 Å². The molecule has 0 aliphatic rings. The third-order valence-electron chi connectivity index (χ3n) is 2.24. The van der Waals surface area contributed by atoms with Crippen LogP contribution in [0.2, 0.25) is 0 Å². The predicted octanol–water partition coefficient (Wildman–Crippen LogP) is 1.89. The quantitative estimate of drug-likeness (QED) is 0.700. The highest BCUT2D eigenvalue weighted by molar-refractivity contribution is 5.25. The molecule has 0 unspecified atom stereocenters. The number of aliphatic hydroxyl groups is 1. The Balaban J connectivity index is 2.55. The number of rotatable bonds is 5. The van der Waals surface area contributed by atoms with E-state index in [9.17, 15) is 0 Å². The van der Waals surface area contributed by atoms with Crippen molar-refractivity contribution in [3.8, 4) is 0 Å². The van der Waals surface area contributed by atoms with Crippen molar-refractivity contribution in [1.82, 2.24) is 5.32 Å². The largest absolute Gasteiger partial charge is 0.395 e. The van der Waals surface area contributed by atoms with Gasteiger partial charge in [0, 0.05) is 13.1 Å². The zero-order valence-electron chi connectivity index (χ0n) is 8.96. The van der Waals surface area contributed by atoms with Gasteiger partial charge in [-0.15, -0.1) is 0 Å². The lowest BCUT2D eigenvalue weighted by molar-refractivity contribution is 0.292. The van der Waals surface area contributed by atoms with Gasteiger partial charge in [-0.1, -0.05) is 38.1 Å². The first-order chi connectivity index (χ1) is 6.74. The van der Waals surface area contributed by atoms with Gasteiger partial charge < -0.3 is 10.4 Å². The van der Waals surface area contributed by atoms with Crippen molar-refractivity contribution in [2.45, 2.75) is 26.3 Å². The van der Waals surface area contributed by atoms with Crippen LogP contribution in [0.4, 0.5) is 0 Å². The Hall–Kier alpha value is -0.860. The summed E-state index contributed by atoms with van der Waals surface area (Å²) in [5.41, 5.74) is 2.65. The molecule has 0 radical (unpaired) electrons. The predicted molar refractivity (Wildman–Crippen MR) is 59.3 cm³/mol. The number of hydrogen-bond donors (Lipinski definition) is 2. The molecule has 0 amide bonds. The minimum absolute atomic E-state index is 0.198. The summed E-state index contributed by atoms with van der Waals surface area (Å²) < 4.78 is 0. The van der Waals surface area contributed by atoms with Crippen LogP contribution in [0.15, 0.2) is 24.3 Å². The fourth-order valence-electron chi connectivity index (χ4n) is 1.37. The average Bonchev–Trinajstić information content (AvgIpc) is 2.19. The average molecular weight is 193 g/mol. The Labute approximate surface area is 86.0 Å². The van der Waals surface area contributed by atoms with Crippen molar-refractivity contribution in [2.75, 3.05) is 13.2 Å². The third-order valence-corrected chi connectivity index (χ3v) is 2.24. The lowest BCUT2D eigenvalue weighted by Crippen LogP contribution is -2.17. The molecule has 0 aliphatic heterocycles. The van der Waals surface area contributed by atoms with E-state index in [4.69, 9.17) is 5.11 Å². The van der Waals surface area contributed by atoms with Gasteiger partial charge in [0.25, 0.3) is 0 Å². The fraction of sp³-hybridized carbons (Fsp3) is 0.500. The van der Waals surface area contributed by atoms with E-state index in [0.717, 1.165) is 6.54 Å². The second-order valence-corrected chi connectivity index (χ2v) is 3.80. The molecule has 0 heterocycles. The van der Waals surface area contributed by atoms with Gasteiger partial charge in [0.2, 0.25) is 0 Å². The van der Waals surface area contributed by atoms with Gasteiger partial charge in [-0.25, -0.2) is 0 Å². The summed E-state index contributed by atoms with van der Waals surface area (Å²) in [4.78, 5) is 0. The lowest BCUT2D eigenvalue weighted by atomic mass is 10.0. The molecular formula is C12H19NO. The van der Waals surface area contributed by atoms with Crippen LogP contribution in [0.3, 0.4) is 0 Å². The molecule has 2 N–H and O–H groups in total. The molecule has 2 nitrogen and oxygen atoms in total. The minimum atomic E-state index is 0.198. The fourth-order valence-corrected chi connectivity index (χ4v) is 1.37. The van der Waals surface area contributed by atoms with Crippen LogP contribution in [0, 0.1) is 0 Å². The van der Waals surface area contributed by atoms with Crippen LogP contribution in [-0.4, -0.2) is 18.3 Å². The van der Waals surface area contributed by atoms with E-state index in [1.807, 2.05) is 0 Å². The van der Waals surface area contributed by atoms with E-state index in [1.165, 1.54) is 11.1 Å². The summed E-state index contributed by atoms with van der Waals surface area (Å²) in [6, 6.07) is 8.57. The summed E-state index contributed by atoms with van der Waals surface area (Å²) in [7, 11) is 0. The topological polar surface area (TPSA) is 32.3 Å². The zero-order chi connectivity index (χ0) is 10.4. The summed E-state index contributed by atoms with van der Waals surface area (Å²) in [6.07, 6.45) is 0. The maximum absolute atomic E-state index is 8.62. The standard InChI is InChI=1S/C12H19NO/c1-10(2)12-5-3-4-11(8-12)9-13-6-7-14/h3-5,8,10,13-14H,6-7,9H2,1-2H3. The smallest absolute Gasteiger partial charge is 0.0556 e. The Morgan fingerprint density at radius 2 is 2.14 bits per heavy atom. The molecule has 0 saturated heterocycles. The van der Waals surface area contributed by atoms with Gasteiger partial charge in [0.1, 0.15) is 0 Å². The van der Waals surface area contributed by atoms with E-state index >= 15 is 0 Å². The monoisotopic (exact) mass is 193 g/mol. The van der Waals surface area contributed by atoms with Crippen LogP contribution in [0.25, 0.3) is 0 Å². The summed E-state index contributed by atoms with van der Waals surface area (Å²) in [6.45, 7) is 6.08. The minimum Gasteiger partial charge on any atom is -0.395 e. The van der Waals surface area contributed by atoms with Crippen molar-refractivity contribution in [3.05, 3.63) is 35.4 Å². The molecule has 14 heavy (non-hydrogen) atoms. The molecule has 0 bridgehead atoms. The first-order valence-corrected chi connectivity index (χ1v) is 5.14. The first kappa shape index (κ1) is 11.2. The van der Waals surface area contributed by atoms with Gasteiger partial charge >= 0.3 is 0 Å². The van der Waals surface area contributed by atoms with Gasteiger partial charge in [-0.3, -0.25) is 0 Å². The Kier molecular flexibility index (Phi) is 4.63. The molecule has 1 aromatic carbocycles. The second-order valence-electron chi connectivity index (χ2n) is 3.80. The van der Waals surface area contributed by atoms with Crippen LogP contribution >= 0.6 is 0 Å². The van der Waals surface area contributed by atoms with Crippen molar-refractivity contribution in [1.29, 1.82) is 0 Å². The lowest BCUT2D eigenvalue weighted by Gasteiger charge is -2.08. The molecule has 2 heteroatoms. The highest BCUT2D eigenvalue weighted by Crippen LogP contribution is 2.15. The first-order valence-electron chi connectivity index (χ1n) is 5.14. The summed E-state index contributed by atoms with van der Waals surface area (Å²) in [5, 5.41) is 11.8. The molecule has 0 atom stereocenters. The Morgan fingerprint density at radius 3 is 2.79 bits per heavy atom. The maximum Gasteiger partial charge on any atom is 0.0556 e. The Bertz CT molecular complexity index is 271. The van der Waals surface area contributed by atoms with Crippen LogP contribution in [-0.2, 0) is 6.54 Å². The van der Waals surface area contributed by atoms with E-state index < -0.39 is 0 Å². The number of nitrogens with one attached hydrogen (secondary N) is 1. The maximum atomic E-state index is 8.62. The van der Waals surface area contributed by atoms with E-state index in [2.05, 4.69) is 43.4 Å². The molecule has 0 aliphatic carbocycles. The van der Waals surface area contributed by atoms with Crippen molar-refractivity contribution >= 4 is 0 Å². The zero-order valence-corrected chi connectivity index (χ0v) is 8.96. The van der Waals surface area contributed by atoms with Crippen LogP contribution in [0.5, 0.6) is 0 Å². The number of hydrogen-bond acceptors (Lipinski definition) is 2. The molecule has 0 fully saturated rings. The molecule has 78 valence electrons. The van der Waals surface area contributed by atoms with Crippen molar-refractivity contribution < 1.29 is 5.11 Å². The second kappa shape index (κ2) is 5.78. The number of benzene rings is 1. The van der Waals surface area contributed by atoms with E-state index in [-0.39, 0.29) is 6.61 Å². The van der Waals surface area contributed by atoms with Crippen LogP contribution in [0.1, 0.15) is 30.9 Å².